The normalized spacial score (nSPS) is 23.6. The Balaban J connectivity index is 1.37. The third-order valence-electron chi connectivity index (χ3n) is 8.10. The van der Waals surface area contributed by atoms with Crippen molar-refractivity contribution in [3.05, 3.63) is 126 Å². The first-order valence-electron chi connectivity index (χ1n) is 13.2. The molecule has 0 bridgehead atoms. The smallest absolute Gasteiger partial charge is 0.250 e. The van der Waals surface area contributed by atoms with Crippen LogP contribution >= 0.6 is 0 Å². The monoisotopic (exact) mass is 524 g/mol. The number of nitrogens with one attached hydrogen (secondary N) is 1. The summed E-state index contributed by atoms with van der Waals surface area (Å²) >= 11 is 0. The van der Waals surface area contributed by atoms with Crippen LogP contribution in [-0.2, 0) is 19.9 Å². The number of carbonyl (C=O) groups is 1. The summed E-state index contributed by atoms with van der Waals surface area (Å²) in [5.41, 5.74) is 1.45. The SMILES string of the molecule is C=C1NC(=O)C=CN1[C@@H]1O[C@H](COC(c2ccccc2)(c2ccccc2)c2ccc(OC)cc2)[C@@H](O)C12CC2. The van der Waals surface area contributed by atoms with Crippen molar-refractivity contribution in [2.75, 3.05) is 13.7 Å². The van der Waals surface area contributed by atoms with E-state index < -0.39 is 29.5 Å². The van der Waals surface area contributed by atoms with Crippen LogP contribution in [0.4, 0.5) is 0 Å². The van der Waals surface area contributed by atoms with E-state index in [1.807, 2.05) is 65.6 Å². The van der Waals surface area contributed by atoms with Crippen LogP contribution in [0, 0.1) is 5.41 Å². The summed E-state index contributed by atoms with van der Waals surface area (Å²) in [5.74, 6) is 0.965. The lowest BCUT2D eigenvalue weighted by Crippen LogP contribution is -2.45. The molecule has 2 heterocycles. The number of carbonyl (C=O) groups excluding carboxylic acids is 1. The maximum atomic E-state index is 11.8. The van der Waals surface area contributed by atoms with Crippen molar-refractivity contribution < 1.29 is 24.1 Å². The van der Waals surface area contributed by atoms with Crippen molar-refractivity contribution in [3.63, 3.8) is 0 Å². The van der Waals surface area contributed by atoms with Gasteiger partial charge in [0.15, 0.2) is 0 Å². The number of hydrogen-bond donors (Lipinski definition) is 2. The molecule has 0 aromatic heterocycles. The van der Waals surface area contributed by atoms with E-state index in [9.17, 15) is 9.90 Å². The van der Waals surface area contributed by atoms with Crippen LogP contribution in [0.2, 0.25) is 0 Å². The van der Waals surface area contributed by atoms with Gasteiger partial charge in [0.25, 0.3) is 5.91 Å². The molecule has 1 saturated carbocycles. The molecule has 3 aromatic carbocycles. The Morgan fingerprint density at radius 3 is 2.13 bits per heavy atom. The molecule has 3 aliphatic rings. The Labute approximate surface area is 228 Å². The lowest BCUT2D eigenvalue weighted by atomic mass is 9.80. The van der Waals surface area contributed by atoms with Crippen LogP contribution in [-0.4, -0.2) is 48.1 Å². The first kappa shape index (κ1) is 25.4. The summed E-state index contributed by atoms with van der Waals surface area (Å²) < 4.78 is 18.9. The van der Waals surface area contributed by atoms with E-state index in [1.54, 1.807) is 13.3 Å². The number of nitrogens with zero attached hydrogens (tertiary/aromatic N) is 1. The lowest BCUT2D eigenvalue weighted by Gasteiger charge is -2.37. The highest BCUT2D eigenvalue weighted by Crippen LogP contribution is 2.59. The molecule has 2 N–H and O–H groups in total. The van der Waals surface area contributed by atoms with Gasteiger partial charge < -0.3 is 29.5 Å². The molecule has 1 amide bonds. The summed E-state index contributed by atoms with van der Waals surface area (Å²) in [4.78, 5) is 13.6. The average Bonchev–Trinajstić information content (AvgIpc) is 3.73. The van der Waals surface area contributed by atoms with E-state index >= 15 is 0 Å². The largest absolute Gasteiger partial charge is 0.497 e. The molecule has 2 fully saturated rings. The van der Waals surface area contributed by atoms with Gasteiger partial charge in [-0.15, -0.1) is 0 Å². The van der Waals surface area contributed by atoms with Gasteiger partial charge >= 0.3 is 0 Å². The Morgan fingerprint density at radius 1 is 1.00 bits per heavy atom. The van der Waals surface area contributed by atoms with Crippen LogP contribution in [0.25, 0.3) is 0 Å². The zero-order valence-corrected chi connectivity index (χ0v) is 21.8. The van der Waals surface area contributed by atoms with Gasteiger partial charge in [-0.05, 0) is 41.7 Å². The molecule has 3 aromatic rings. The number of benzene rings is 3. The van der Waals surface area contributed by atoms with Gasteiger partial charge in [0.2, 0.25) is 0 Å². The molecule has 2 aliphatic heterocycles. The van der Waals surface area contributed by atoms with Gasteiger partial charge in [0, 0.05) is 17.7 Å². The van der Waals surface area contributed by atoms with Gasteiger partial charge in [0.05, 0.1) is 19.8 Å². The van der Waals surface area contributed by atoms with Gasteiger partial charge in [0.1, 0.15) is 29.5 Å². The van der Waals surface area contributed by atoms with Crippen molar-refractivity contribution in [3.8, 4) is 5.75 Å². The molecular weight excluding hydrogens is 492 g/mol. The van der Waals surface area contributed by atoms with Gasteiger partial charge in [-0.2, -0.15) is 0 Å². The van der Waals surface area contributed by atoms with Gasteiger partial charge in [-0.1, -0.05) is 79.4 Å². The first-order valence-corrected chi connectivity index (χ1v) is 13.2. The number of amides is 1. The number of aliphatic hydroxyl groups is 1. The summed E-state index contributed by atoms with van der Waals surface area (Å²) in [6.45, 7) is 4.14. The fourth-order valence-electron chi connectivity index (χ4n) is 5.89. The zero-order chi connectivity index (χ0) is 27.0. The molecule has 1 aliphatic carbocycles. The number of methoxy groups -OCH3 is 1. The third-order valence-corrected chi connectivity index (χ3v) is 8.10. The molecule has 0 unspecified atom stereocenters. The predicted molar refractivity (Wildman–Crippen MR) is 146 cm³/mol. The fourth-order valence-corrected chi connectivity index (χ4v) is 5.89. The average molecular weight is 525 g/mol. The van der Waals surface area contributed by atoms with Gasteiger partial charge in [-0.3, -0.25) is 4.79 Å². The van der Waals surface area contributed by atoms with Crippen LogP contribution in [0.5, 0.6) is 5.75 Å². The standard InChI is InChI=1S/C32H32N2O5/c1-22-33-28(35)17-20-34(22)30-31(18-19-31)29(36)27(39-30)21-38-32(23-9-5-3-6-10-23,24-11-7-4-8-12-24)25-13-15-26(37-2)16-14-25/h3-17,20,27,29-30,36H,1,18-19,21H2,2H3,(H,33,35)/t27-,29-,30-/m1/s1. The van der Waals surface area contributed by atoms with Crippen LogP contribution < -0.4 is 10.1 Å². The van der Waals surface area contributed by atoms with Crippen LogP contribution in [0.1, 0.15) is 29.5 Å². The molecule has 7 heteroatoms. The van der Waals surface area contributed by atoms with Crippen molar-refractivity contribution in [2.45, 2.75) is 36.9 Å². The second kappa shape index (κ2) is 10.0. The fraction of sp³-hybridized carbons (Fsp3) is 0.281. The van der Waals surface area contributed by atoms with Crippen LogP contribution in [0.15, 0.2) is 110 Å². The molecule has 3 atom stereocenters. The minimum atomic E-state index is -0.963. The summed E-state index contributed by atoms with van der Waals surface area (Å²) in [7, 11) is 1.65. The topological polar surface area (TPSA) is 80.3 Å². The van der Waals surface area contributed by atoms with E-state index in [-0.39, 0.29) is 12.5 Å². The van der Waals surface area contributed by atoms with E-state index in [0.29, 0.717) is 5.82 Å². The number of aliphatic hydroxyl groups excluding tert-OH is 1. The third kappa shape index (κ3) is 4.33. The Morgan fingerprint density at radius 2 is 1.59 bits per heavy atom. The van der Waals surface area contributed by atoms with Crippen molar-refractivity contribution in [1.29, 1.82) is 0 Å². The zero-order valence-electron chi connectivity index (χ0n) is 21.8. The molecule has 1 spiro atoms. The molecule has 1 saturated heterocycles. The van der Waals surface area contributed by atoms with E-state index in [0.717, 1.165) is 35.3 Å². The quantitative estimate of drug-likeness (QED) is 0.428. The predicted octanol–water partition coefficient (Wildman–Crippen LogP) is 4.29. The second-order valence-electron chi connectivity index (χ2n) is 10.3. The number of rotatable bonds is 8. The Bertz CT molecular complexity index is 1330. The highest BCUT2D eigenvalue weighted by Gasteiger charge is 2.65. The number of ether oxygens (including phenoxy) is 3. The first-order chi connectivity index (χ1) is 19.0. The summed E-state index contributed by atoms with van der Waals surface area (Å²) in [6, 6.07) is 28.1. The van der Waals surface area contributed by atoms with Crippen LogP contribution in [0.3, 0.4) is 0 Å². The highest BCUT2D eigenvalue weighted by atomic mass is 16.6. The Hall–Kier alpha value is -3.91. The minimum absolute atomic E-state index is 0.144. The summed E-state index contributed by atoms with van der Waals surface area (Å²) in [6.07, 6.45) is 3.00. The van der Waals surface area contributed by atoms with Crippen molar-refractivity contribution >= 4 is 5.91 Å². The van der Waals surface area contributed by atoms with Gasteiger partial charge in [-0.25, -0.2) is 0 Å². The second-order valence-corrected chi connectivity index (χ2v) is 10.3. The molecule has 7 nitrogen and oxygen atoms in total. The van der Waals surface area contributed by atoms with E-state index in [2.05, 4.69) is 36.2 Å². The number of hydrogen-bond acceptors (Lipinski definition) is 6. The van der Waals surface area contributed by atoms with E-state index in [4.69, 9.17) is 14.2 Å². The maximum absolute atomic E-state index is 11.8. The minimum Gasteiger partial charge on any atom is -0.497 e. The highest BCUT2D eigenvalue weighted by molar-refractivity contribution is 5.89. The Kier molecular flexibility index (Phi) is 6.51. The molecule has 6 rings (SSSR count). The summed E-state index contributed by atoms with van der Waals surface area (Å²) in [5, 5.41) is 14.2. The van der Waals surface area contributed by atoms with Crippen molar-refractivity contribution in [2.24, 2.45) is 5.41 Å². The van der Waals surface area contributed by atoms with E-state index in [1.165, 1.54) is 6.08 Å². The van der Waals surface area contributed by atoms with Crippen molar-refractivity contribution in [1.82, 2.24) is 10.2 Å². The molecule has 0 radical (unpaired) electrons. The maximum Gasteiger partial charge on any atom is 0.250 e. The lowest BCUT2D eigenvalue weighted by molar-refractivity contribution is -0.119. The molecule has 200 valence electrons. The molecule has 39 heavy (non-hydrogen) atoms. The molecular formula is C32H32N2O5.